The van der Waals surface area contributed by atoms with E-state index in [0.29, 0.717) is 17.5 Å². The van der Waals surface area contributed by atoms with Gasteiger partial charge in [-0.05, 0) is 91.7 Å². The van der Waals surface area contributed by atoms with Crippen LogP contribution in [0.15, 0.2) is 218 Å². The molecule has 2 aliphatic rings. The van der Waals surface area contributed by atoms with Gasteiger partial charge in [0.15, 0.2) is 17.5 Å². The minimum atomic E-state index is -0.533. The van der Waals surface area contributed by atoms with Crippen LogP contribution < -0.4 is 4.90 Å². The maximum absolute atomic E-state index is 5.12. The third-order valence-electron chi connectivity index (χ3n) is 12.3. The highest BCUT2D eigenvalue weighted by Crippen LogP contribution is 2.63. The average Bonchev–Trinajstić information content (AvgIpc) is 3.62. The third kappa shape index (κ3) is 5.14. The van der Waals surface area contributed by atoms with E-state index in [1.165, 1.54) is 44.8 Å². The van der Waals surface area contributed by atoms with Crippen LogP contribution >= 0.6 is 0 Å². The first-order chi connectivity index (χ1) is 29.8. The van der Waals surface area contributed by atoms with Crippen molar-refractivity contribution in [3.05, 3.63) is 241 Å². The lowest BCUT2D eigenvalue weighted by Crippen LogP contribution is -2.36. The van der Waals surface area contributed by atoms with Gasteiger partial charge in [-0.3, -0.25) is 0 Å². The molecule has 0 saturated heterocycles. The summed E-state index contributed by atoms with van der Waals surface area (Å²) in [4.78, 5) is 17.6. The van der Waals surface area contributed by atoms with Gasteiger partial charge in [-0.1, -0.05) is 182 Å². The van der Waals surface area contributed by atoms with Crippen LogP contribution in [-0.2, 0) is 5.41 Å². The molecule has 1 aromatic heterocycles. The van der Waals surface area contributed by atoms with Crippen molar-refractivity contribution in [3.8, 4) is 56.4 Å². The van der Waals surface area contributed by atoms with Crippen molar-refractivity contribution in [2.24, 2.45) is 0 Å². The summed E-state index contributed by atoms with van der Waals surface area (Å²) in [6.45, 7) is 0. The van der Waals surface area contributed by atoms with E-state index in [1.54, 1.807) is 0 Å². The van der Waals surface area contributed by atoms with Crippen LogP contribution in [0.4, 0.5) is 17.1 Å². The molecular formula is C56H36N4. The van der Waals surface area contributed by atoms with E-state index in [9.17, 15) is 0 Å². The Morgan fingerprint density at radius 2 is 0.817 bits per heavy atom. The molecule has 0 radical (unpaired) electrons. The van der Waals surface area contributed by atoms with Crippen molar-refractivity contribution in [1.29, 1.82) is 0 Å². The Morgan fingerprint density at radius 3 is 1.48 bits per heavy atom. The van der Waals surface area contributed by atoms with Gasteiger partial charge in [0.1, 0.15) is 0 Å². The maximum Gasteiger partial charge on any atom is 0.164 e. The van der Waals surface area contributed by atoms with E-state index in [1.807, 2.05) is 36.4 Å². The Bertz CT molecular complexity index is 3160. The smallest absolute Gasteiger partial charge is 0.164 e. The predicted molar refractivity (Wildman–Crippen MR) is 245 cm³/mol. The number of hydrogen-bond donors (Lipinski definition) is 0. The highest BCUT2D eigenvalue weighted by molar-refractivity contribution is 6.00. The Kier molecular flexibility index (Phi) is 7.72. The summed E-state index contributed by atoms with van der Waals surface area (Å²) in [6.07, 6.45) is 0. The first-order valence-electron chi connectivity index (χ1n) is 20.4. The van der Waals surface area contributed by atoms with Crippen molar-refractivity contribution in [2.75, 3.05) is 4.90 Å². The maximum atomic E-state index is 5.12. The van der Waals surface area contributed by atoms with Crippen LogP contribution in [-0.4, -0.2) is 15.0 Å². The molecule has 0 amide bonds. The summed E-state index contributed by atoms with van der Waals surface area (Å²) >= 11 is 0. The monoisotopic (exact) mass is 764 g/mol. The lowest BCUT2D eigenvalue weighted by atomic mass is 9.64. The largest absolute Gasteiger partial charge is 0.310 e. The number of nitrogens with zero attached hydrogens (tertiary/aromatic N) is 4. The summed E-state index contributed by atoms with van der Waals surface area (Å²) in [7, 11) is 0. The number of anilines is 3. The fourth-order valence-corrected chi connectivity index (χ4v) is 9.72. The molecule has 1 aliphatic carbocycles. The topological polar surface area (TPSA) is 41.9 Å². The lowest BCUT2D eigenvalue weighted by Gasteiger charge is -2.45. The minimum absolute atomic E-state index is 0.533. The van der Waals surface area contributed by atoms with Crippen molar-refractivity contribution in [2.45, 2.75) is 5.41 Å². The fourth-order valence-electron chi connectivity index (χ4n) is 9.72. The molecule has 2 heterocycles. The molecule has 9 aromatic carbocycles. The van der Waals surface area contributed by atoms with E-state index in [2.05, 4.69) is 187 Å². The van der Waals surface area contributed by atoms with Gasteiger partial charge in [-0.15, -0.1) is 0 Å². The molecule has 12 rings (SSSR count). The number of para-hydroxylation sites is 3. The number of fused-ring (bicyclic) bond motifs is 10. The Labute approximate surface area is 348 Å². The molecule has 0 bridgehead atoms. The second kappa shape index (κ2) is 13.6. The van der Waals surface area contributed by atoms with Crippen LogP contribution in [0.3, 0.4) is 0 Å². The van der Waals surface area contributed by atoms with Crippen LogP contribution in [0.5, 0.6) is 0 Å². The van der Waals surface area contributed by atoms with Crippen LogP contribution in [0.25, 0.3) is 67.2 Å². The fraction of sp³-hybridized carbons (Fsp3) is 0.0179. The van der Waals surface area contributed by atoms with Crippen molar-refractivity contribution in [3.63, 3.8) is 0 Å². The molecule has 4 nitrogen and oxygen atoms in total. The summed E-state index contributed by atoms with van der Waals surface area (Å²) in [5.41, 5.74) is 15.8. The quantitative estimate of drug-likeness (QED) is 0.175. The first kappa shape index (κ1) is 34.1. The Balaban J connectivity index is 1.06. The van der Waals surface area contributed by atoms with E-state index in [4.69, 9.17) is 15.0 Å². The molecule has 0 unspecified atom stereocenters. The molecule has 4 heteroatoms. The second-order valence-corrected chi connectivity index (χ2v) is 15.5. The zero-order chi connectivity index (χ0) is 39.6. The standard InChI is InChI=1S/C56H36N4/c1-4-17-38(18-5-1)53-57-54(39-19-6-2-7-20-39)59-55(58-53)45-25-16-21-37-31-32-40(35-46(37)45)41-33-34-44-43-24-10-11-26-47(43)56(50(44)36-41)48-27-12-14-29-51(48)60(42-22-8-3-9-23-42)52-30-15-13-28-49(52)56/h1-36H. The minimum Gasteiger partial charge on any atom is -0.310 e. The summed E-state index contributed by atoms with van der Waals surface area (Å²) in [5, 5.41) is 2.21. The Morgan fingerprint density at radius 1 is 0.317 bits per heavy atom. The highest BCUT2D eigenvalue weighted by Gasteiger charge is 2.51. The predicted octanol–water partition coefficient (Wildman–Crippen LogP) is 13.8. The van der Waals surface area contributed by atoms with E-state index >= 15 is 0 Å². The number of hydrogen-bond acceptors (Lipinski definition) is 4. The van der Waals surface area contributed by atoms with Gasteiger partial charge in [-0.2, -0.15) is 0 Å². The van der Waals surface area contributed by atoms with Gasteiger partial charge in [0, 0.05) is 22.4 Å². The summed E-state index contributed by atoms with van der Waals surface area (Å²) in [6, 6.07) is 78.3. The van der Waals surface area contributed by atoms with Crippen molar-refractivity contribution < 1.29 is 0 Å². The van der Waals surface area contributed by atoms with Crippen molar-refractivity contribution >= 4 is 27.8 Å². The van der Waals surface area contributed by atoms with Crippen LogP contribution in [0, 0.1) is 0 Å². The van der Waals surface area contributed by atoms with E-state index < -0.39 is 5.41 Å². The molecule has 0 atom stereocenters. The molecule has 0 saturated carbocycles. The SMILES string of the molecule is c1ccc(-c2nc(-c3ccccc3)nc(-c3cccc4ccc(-c5ccc6c(c5)C5(c7ccccc7-6)c6ccccc6N(c6ccccc6)c6ccccc65)cc34)n2)cc1. The van der Waals surface area contributed by atoms with Gasteiger partial charge < -0.3 is 4.90 Å². The Hall–Kier alpha value is -7.95. The number of rotatable bonds is 5. The molecular weight excluding hydrogens is 729 g/mol. The van der Waals surface area contributed by atoms with Crippen LogP contribution in [0.1, 0.15) is 22.3 Å². The zero-order valence-electron chi connectivity index (χ0n) is 32.6. The van der Waals surface area contributed by atoms with E-state index in [-0.39, 0.29) is 0 Å². The second-order valence-electron chi connectivity index (χ2n) is 15.5. The van der Waals surface area contributed by atoms with E-state index in [0.717, 1.165) is 44.3 Å². The number of aromatic nitrogens is 3. The van der Waals surface area contributed by atoms with Gasteiger partial charge in [0.05, 0.1) is 16.8 Å². The van der Waals surface area contributed by atoms with Crippen LogP contribution in [0.2, 0.25) is 0 Å². The summed E-state index contributed by atoms with van der Waals surface area (Å²) in [5.74, 6) is 1.94. The first-order valence-corrected chi connectivity index (χ1v) is 20.4. The molecule has 60 heavy (non-hydrogen) atoms. The molecule has 10 aromatic rings. The molecule has 280 valence electrons. The molecule has 1 aliphatic heterocycles. The van der Waals surface area contributed by atoms with Gasteiger partial charge >= 0.3 is 0 Å². The van der Waals surface area contributed by atoms with Gasteiger partial charge in [0.25, 0.3) is 0 Å². The third-order valence-corrected chi connectivity index (χ3v) is 12.3. The normalized spacial score (nSPS) is 13.1. The lowest BCUT2D eigenvalue weighted by molar-refractivity contribution is 0.753. The summed E-state index contributed by atoms with van der Waals surface area (Å²) < 4.78 is 0. The van der Waals surface area contributed by atoms with Crippen molar-refractivity contribution in [1.82, 2.24) is 15.0 Å². The highest BCUT2D eigenvalue weighted by atomic mass is 15.2. The molecule has 0 N–H and O–H groups in total. The number of benzene rings is 9. The van der Waals surface area contributed by atoms with Gasteiger partial charge in [0.2, 0.25) is 0 Å². The average molecular weight is 765 g/mol. The molecule has 0 fully saturated rings. The molecule has 1 spiro atoms. The van der Waals surface area contributed by atoms with Gasteiger partial charge in [-0.25, -0.2) is 15.0 Å². The zero-order valence-corrected chi connectivity index (χ0v) is 32.6.